The number of hydrogen-bond acceptors (Lipinski definition) is 15. The van der Waals surface area contributed by atoms with Crippen molar-refractivity contribution in [1.29, 1.82) is 0 Å². The maximum absolute atomic E-state index is 13.6. The van der Waals surface area contributed by atoms with Crippen LogP contribution in [0.5, 0.6) is 34.5 Å². The lowest BCUT2D eigenvalue weighted by Gasteiger charge is -2.20. The first-order valence-corrected chi connectivity index (χ1v) is 20.5. The Balaban J connectivity index is 0.000000201. The molecule has 6 aromatic rings. The Bertz CT molecular complexity index is 2750. The van der Waals surface area contributed by atoms with Gasteiger partial charge in [-0.1, -0.05) is 18.2 Å². The summed E-state index contributed by atoms with van der Waals surface area (Å²) in [6, 6.07) is 22.8. The molecule has 68 heavy (non-hydrogen) atoms. The number of nitrogens with zero attached hydrogens (tertiary/aromatic N) is 4. The van der Waals surface area contributed by atoms with Crippen LogP contribution in [0.3, 0.4) is 0 Å². The zero-order chi connectivity index (χ0) is 48.3. The lowest BCUT2D eigenvalue weighted by molar-refractivity contribution is -0.138. The molecule has 0 spiro atoms. The van der Waals surface area contributed by atoms with E-state index in [0.717, 1.165) is 6.20 Å². The van der Waals surface area contributed by atoms with Crippen molar-refractivity contribution in [3.05, 3.63) is 120 Å². The molecule has 0 bridgehead atoms. The van der Waals surface area contributed by atoms with Crippen molar-refractivity contribution >= 4 is 46.5 Å². The second-order valence-electron chi connectivity index (χ2n) is 14.4. The molecule has 2 aromatic heterocycles. The van der Waals surface area contributed by atoms with Crippen molar-refractivity contribution in [2.45, 2.75) is 18.8 Å². The Morgan fingerprint density at radius 3 is 1.62 bits per heavy atom. The van der Waals surface area contributed by atoms with Crippen molar-refractivity contribution in [1.82, 2.24) is 30.6 Å². The molecule has 0 atom stereocenters. The number of amides is 2. The minimum atomic E-state index is -4.69. The largest absolute Gasteiger partial charge is 0.486 e. The van der Waals surface area contributed by atoms with Crippen LogP contribution in [0.4, 0.5) is 61.0 Å². The van der Waals surface area contributed by atoms with Gasteiger partial charge in [-0.15, -0.1) is 0 Å². The summed E-state index contributed by atoms with van der Waals surface area (Å²) < 4.78 is 114. The van der Waals surface area contributed by atoms with Gasteiger partial charge in [-0.25, -0.2) is 15.0 Å². The van der Waals surface area contributed by atoms with Crippen molar-refractivity contribution in [2.24, 2.45) is 0 Å². The maximum Gasteiger partial charge on any atom is 0.421 e. The molecule has 0 saturated heterocycles. The Hall–Kier alpha value is -8.24. The van der Waals surface area contributed by atoms with Gasteiger partial charge in [-0.05, 0) is 54.1 Å². The van der Waals surface area contributed by atoms with Gasteiger partial charge in [0.2, 0.25) is 5.95 Å². The highest BCUT2D eigenvalue weighted by molar-refractivity contribution is 5.77. The van der Waals surface area contributed by atoms with Crippen molar-refractivity contribution in [3.8, 4) is 34.5 Å². The third-order valence-corrected chi connectivity index (χ3v) is 9.50. The van der Waals surface area contributed by atoms with E-state index in [1.165, 1.54) is 20.2 Å². The standard InChI is InChI=1S/C23H21F3N4O4.C22H20F3N5O4/c1-27-21(31)13-34-16-4-2-3-14(9-16)10-20-28-12-17(23(24,25)26)22(30-20)29-15-5-6-18-19(11-15)33-8-7-32-18;1-26-19(31)12-34-15-4-2-3-13(9-15)28-20-16(22(23,24)25)11-27-21(30-20)29-14-5-6-17-18(10-14)33-8-7-32-17/h2-6,9,11-12H,7-8,10,13H2,1H3,(H,27,31)(H,28,29,30);2-6,9-11H,7-8,12H2,1H3,(H,26,31)(H2,27,28,29,30). The number of aromatic nitrogens is 4. The third-order valence-electron chi connectivity index (χ3n) is 9.50. The highest BCUT2D eigenvalue weighted by atomic mass is 19.4. The number of benzene rings is 4. The number of ether oxygens (including phenoxy) is 6. The smallest absolute Gasteiger partial charge is 0.421 e. The van der Waals surface area contributed by atoms with E-state index in [4.69, 9.17) is 28.4 Å². The molecular weight excluding hydrogens is 909 g/mol. The van der Waals surface area contributed by atoms with Gasteiger partial charge in [0.1, 0.15) is 66.5 Å². The van der Waals surface area contributed by atoms with Gasteiger partial charge in [-0.3, -0.25) is 9.59 Å². The van der Waals surface area contributed by atoms with Crippen LogP contribution < -0.4 is 55.0 Å². The number of rotatable bonds is 14. The molecule has 8 rings (SSSR count). The van der Waals surface area contributed by atoms with E-state index >= 15 is 0 Å². The van der Waals surface area contributed by atoms with E-state index in [-0.39, 0.29) is 54.7 Å². The number of fused-ring (bicyclic) bond motifs is 2. The van der Waals surface area contributed by atoms with Crippen LogP contribution in [0, 0.1) is 0 Å². The van der Waals surface area contributed by atoms with E-state index in [9.17, 15) is 35.9 Å². The van der Waals surface area contributed by atoms with E-state index in [2.05, 4.69) is 46.5 Å². The first kappa shape index (κ1) is 47.7. The number of carbonyl (C=O) groups is 2. The van der Waals surface area contributed by atoms with Crippen molar-refractivity contribution in [2.75, 3.05) is 69.7 Å². The second-order valence-corrected chi connectivity index (χ2v) is 14.4. The summed E-state index contributed by atoms with van der Waals surface area (Å²) in [6.45, 7) is 1.21. The van der Waals surface area contributed by atoms with Crippen LogP contribution in [0.1, 0.15) is 22.5 Å². The summed E-state index contributed by atoms with van der Waals surface area (Å²) in [4.78, 5) is 38.6. The minimum Gasteiger partial charge on any atom is -0.486 e. The van der Waals surface area contributed by atoms with Crippen LogP contribution in [-0.4, -0.2) is 85.5 Å². The van der Waals surface area contributed by atoms with Gasteiger partial charge in [0, 0.05) is 68.2 Å². The molecule has 0 saturated carbocycles. The van der Waals surface area contributed by atoms with Gasteiger partial charge in [0.25, 0.3) is 11.8 Å². The zero-order valence-electron chi connectivity index (χ0n) is 36.0. The number of likely N-dealkylation sites (N-methyl/N-ethyl adjacent to an activating group) is 2. The van der Waals surface area contributed by atoms with Gasteiger partial charge in [0.15, 0.2) is 36.2 Å². The number of alkyl halides is 6. The number of halogens is 6. The molecule has 17 nitrogen and oxygen atoms in total. The van der Waals surface area contributed by atoms with Gasteiger partial charge < -0.3 is 55.0 Å². The van der Waals surface area contributed by atoms with Crippen molar-refractivity contribution < 1.29 is 64.4 Å². The predicted molar refractivity (Wildman–Crippen MR) is 234 cm³/mol. The monoisotopic (exact) mass is 949 g/mol. The summed E-state index contributed by atoms with van der Waals surface area (Å²) in [5.41, 5.74) is -0.169. The fourth-order valence-corrected chi connectivity index (χ4v) is 6.23. The van der Waals surface area contributed by atoms with Crippen LogP contribution in [0.15, 0.2) is 97.3 Å². The molecular formula is C45H41F6N9O8. The van der Waals surface area contributed by atoms with Gasteiger partial charge in [0.05, 0.1) is 0 Å². The molecule has 0 fully saturated rings. The second kappa shape index (κ2) is 21.4. The lowest BCUT2D eigenvalue weighted by atomic mass is 10.1. The molecule has 356 valence electrons. The van der Waals surface area contributed by atoms with E-state index < -0.39 is 29.3 Å². The minimum absolute atomic E-state index is 0.0563. The molecule has 0 aliphatic carbocycles. The Kier molecular flexibility index (Phi) is 15.0. The number of nitrogens with one attached hydrogen (secondary N) is 5. The van der Waals surface area contributed by atoms with Gasteiger partial charge >= 0.3 is 12.4 Å². The number of anilines is 6. The van der Waals surface area contributed by atoms with Crippen molar-refractivity contribution in [3.63, 3.8) is 0 Å². The lowest BCUT2D eigenvalue weighted by Crippen LogP contribution is -2.24. The highest BCUT2D eigenvalue weighted by Gasteiger charge is 2.36. The summed E-state index contributed by atoms with van der Waals surface area (Å²) in [6.07, 6.45) is -7.73. The molecule has 4 heterocycles. The molecule has 4 aromatic carbocycles. The Morgan fingerprint density at radius 1 is 0.574 bits per heavy atom. The zero-order valence-corrected chi connectivity index (χ0v) is 36.0. The number of hydrogen-bond donors (Lipinski definition) is 5. The molecule has 0 unspecified atom stereocenters. The summed E-state index contributed by atoms with van der Waals surface area (Å²) >= 11 is 0. The van der Waals surface area contributed by atoms with Crippen LogP contribution in [0.2, 0.25) is 0 Å². The topological polar surface area (TPSA) is 201 Å². The predicted octanol–water partition coefficient (Wildman–Crippen LogP) is 7.60. The van der Waals surface area contributed by atoms with Crippen LogP contribution in [-0.2, 0) is 28.4 Å². The Morgan fingerprint density at radius 2 is 1.06 bits per heavy atom. The van der Waals surface area contributed by atoms with E-state index in [0.29, 0.717) is 84.1 Å². The summed E-state index contributed by atoms with van der Waals surface area (Å²) in [5, 5.41) is 13.1. The quantitative estimate of drug-likeness (QED) is 0.0668. The number of carbonyl (C=O) groups excluding carboxylic acids is 2. The third kappa shape index (κ3) is 13.0. The van der Waals surface area contributed by atoms with Crippen LogP contribution in [0.25, 0.3) is 0 Å². The highest BCUT2D eigenvalue weighted by Crippen LogP contribution is 2.39. The first-order valence-electron chi connectivity index (χ1n) is 20.5. The Labute approximate surface area is 383 Å². The van der Waals surface area contributed by atoms with E-state index in [1.54, 1.807) is 78.9 Å². The fraction of sp³-hybridized carbons (Fsp3) is 0.244. The molecule has 23 heteroatoms. The molecule has 2 amide bonds. The SMILES string of the molecule is CNC(=O)COc1cccc(Cc2ncc(C(F)(F)F)c(Nc3ccc4c(c3)OCCO4)n2)c1.CNC(=O)COc1cccc(Nc2nc(Nc3ccc4c(c3)OCCO4)ncc2C(F)(F)F)c1. The van der Waals surface area contributed by atoms with E-state index in [1.807, 2.05) is 0 Å². The molecule has 2 aliphatic rings. The molecule has 5 N–H and O–H groups in total. The normalized spacial score (nSPS) is 12.6. The summed E-state index contributed by atoms with van der Waals surface area (Å²) in [7, 11) is 2.97. The first-order chi connectivity index (χ1) is 32.6. The summed E-state index contributed by atoms with van der Waals surface area (Å²) in [5.74, 6) is 1.45. The molecule has 2 aliphatic heterocycles. The van der Waals surface area contributed by atoms with Crippen LogP contribution >= 0.6 is 0 Å². The fourth-order valence-electron chi connectivity index (χ4n) is 6.23. The van der Waals surface area contributed by atoms with Gasteiger partial charge in [-0.2, -0.15) is 31.3 Å². The maximum atomic E-state index is 13.6. The average Bonchev–Trinajstić information content (AvgIpc) is 3.32. The average molecular weight is 950 g/mol. The molecule has 0 radical (unpaired) electrons.